The van der Waals surface area contributed by atoms with E-state index in [1.54, 1.807) is 0 Å². The summed E-state index contributed by atoms with van der Waals surface area (Å²) in [7, 11) is 2.09. The molecule has 0 bridgehead atoms. The van der Waals surface area contributed by atoms with Gasteiger partial charge in [-0.2, -0.15) is 16.7 Å². The maximum Gasteiger partial charge on any atom is 0.240 e. The summed E-state index contributed by atoms with van der Waals surface area (Å²) in [5.74, 6) is 6.06. The minimum atomic E-state index is 0.263. The third-order valence-electron chi connectivity index (χ3n) is 2.68. The first-order chi connectivity index (χ1) is 8.31. The minimum Gasteiger partial charge on any atom is -0.338 e. The van der Waals surface area contributed by atoms with Crippen LogP contribution >= 0.6 is 11.8 Å². The number of terminal acetylenes is 1. The summed E-state index contributed by atoms with van der Waals surface area (Å²) < 4.78 is 5.18. The molecule has 1 atom stereocenters. The van der Waals surface area contributed by atoms with E-state index >= 15 is 0 Å². The van der Waals surface area contributed by atoms with Gasteiger partial charge in [0.05, 0.1) is 19.1 Å². The monoisotopic (exact) mass is 252 g/mol. The van der Waals surface area contributed by atoms with Crippen LogP contribution in [0.2, 0.25) is 0 Å². The van der Waals surface area contributed by atoms with Crippen LogP contribution in [0, 0.1) is 12.3 Å². The van der Waals surface area contributed by atoms with Gasteiger partial charge in [0.25, 0.3) is 0 Å². The summed E-state index contributed by atoms with van der Waals surface area (Å²) in [6.45, 7) is 2.10. The molecule has 5 nitrogen and oxygen atoms in total. The zero-order chi connectivity index (χ0) is 12.1. The summed E-state index contributed by atoms with van der Waals surface area (Å²) in [6.07, 6.45) is 5.14. The first-order valence-corrected chi connectivity index (χ1v) is 6.71. The first-order valence-electron chi connectivity index (χ1n) is 5.56. The van der Waals surface area contributed by atoms with Crippen LogP contribution in [-0.4, -0.2) is 46.7 Å². The van der Waals surface area contributed by atoms with E-state index in [0.29, 0.717) is 19.0 Å². The Labute approximate surface area is 105 Å². The van der Waals surface area contributed by atoms with E-state index in [-0.39, 0.29) is 6.04 Å². The number of hydrogen-bond donors (Lipinski definition) is 1. The van der Waals surface area contributed by atoms with Crippen molar-refractivity contribution in [2.24, 2.45) is 0 Å². The fraction of sp³-hybridized carbons (Fsp3) is 0.636. The number of thioether (sulfide) groups is 1. The van der Waals surface area contributed by atoms with Gasteiger partial charge in [0.1, 0.15) is 0 Å². The molecule has 1 aromatic heterocycles. The number of nitrogens with one attached hydrogen (secondary N) is 1. The lowest BCUT2D eigenvalue weighted by Gasteiger charge is -2.29. The van der Waals surface area contributed by atoms with Crippen LogP contribution in [0.4, 0.5) is 0 Å². The lowest BCUT2D eigenvalue weighted by atomic mass is 10.3. The molecular weight excluding hydrogens is 236 g/mol. The highest BCUT2D eigenvalue weighted by atomic mass is 32.2. The number of aromatic nitrogens is 2. The molecule has 0 aromatic carbocycles. The molecule has 0 radical (unpaired) electrons. The van der Waals surface area contributed by atoms with Crippen molar-refractivity contribution in [1.82, 2.24) is 20.4 Å². The average molecular weight is 252 g/mol. The second-order valence-corrected chi connectivity index (χ2v) is 5.08. The van der Waals surface area contributed by atoms with Gasteiger partial charge < -0.3 is 4.52 Å². The Morgan fingerprint density at radius 1 is 1.71 bits per heavy atom. The van der Waals surface area contributed by atoms with Crippen molar-refractivity contribution in [2.75, 3.05) is 31.6 Å². The maximum atomic E-state index is 5.18. The van der Waals surface area contributed by atoms with Crippen molar-refractivity contribution in [3.05, 3.63) is 11.7 Å². The second-order valence-electron chi connectivity index (χ2n) is 3.93. The predicted octanol–water partition coefficient (Wildman–Crippen LogP) is 0.512. The van der Waals surface area contributed by atoms with E-state index in [2.05, 4.69) is 33.3 Å². The van der Waals surface area contributed by atoms with E-state index in [0.717, 1.165) is 18.1 Å². The van der Waals surface area contributed by atoms with Crippen LogP contribution in [0.1, 0.15) is 17.8 Å². The zero-order valence-electron chi connectivity index (χ0n) is 9.85. The van der Waals surface area contributed by atoms with Crippen molar-refractivity contribution < 1.29 is 4.52 Å². The Morgan fingerprint density at radius 3 is 3.35 bits per heavy atom. The second kappa shape index (κ2) is 6.05. The van der Waals surface area contributed by atoms with Crippen molar-refractivity contribution in [3.8, 4) is 12.3 Å². The molecule has 2 heterocycles. The third kappa shape index (κ3) is 3.22. The van der Waals surface area contributed by atoms with Crippen molar-refractivity contribution in [3.63, 3.8) is 0 Å². The molecule has 1 aliphatic rings. The molecule has 1 unspecified atom stereocenters. The van der Waals surface area contributed by atoms with E-state index < -0.39 is 0 Å². The van der Waals surface area contributed by atoms with Crippen LogP contribution < -0.4 is 5.32 Å². The molecular formula is C11H16N4OS. The van der Waals surface area contributed by atoms with Crippen molar-refractivity contribution >= 4 is 11.8 Å². The van der Waals surface area contributed by atoms with Crippen LogP contribution in [0.25, 0.3) is 0 Å². The van der Waals surface area contributed by atoms with Crippen LogP contribution in [0.15, 0.2) is 4.52 Å². The van der Waals surface area contributed by atoms with Crippen LogP contribution in [0.3, 0.4) is 0 Å². The number of nitrogens with zero attached hydrogens (tertiary/aromatic N) is 3. The normalized spacial score (nSPS) is 21.3. The van der Waals surface area contributed by atoms with E-state index in [1.807, 2.05) is 11.8 Å². The van der Waals surface area contributed by atoms with Gasteiger partial charge in [-0.05, 0) is 7.05 Å². The topological polar surface area (TPSA) is 54.2 Å². The highest BCUT2D eigenvalue weighted by Gasteiger charge is 2.25. The van der Waals surface area contributed by atoms with Gasteiger partial charge in [-0.25, -0.2) is 0 Å². The van der Waals surface area contributed by atoms with Gasteiger partial charge >= 0.3 is 0 Å². The molecule has 1 fully saturated rings. The molecule has 0 amide bonds. The summed E-state index contributed by atoms with van der Waals surface area (Å²) in [6, 6.07) is 0.263. The average Bonchev–Trinajstić information content (AvgIpc) is 2.79. The van der Waals surface area contributed by atoms with Gasteiger partial charge in [-0.3, -0.25) is 10.2 Å². The van der Waals surface area contributed by atoms with Gasteiger partial charge in [-0.1, -0.05) is 11.1 Å². The fourth-order valence-electron chi connectivity index (χ4n) is 1.68. The smallest absolute Gasteiger partial charge is 0.240 e. The fourth-order valence-corrected chi connectivity index (χ4v) is 2.89. The highest BCUT2D eigenvalue weighted by Crippen LogP contribution is 2.25. The first kappa shape index (κ1) is 12.4. The number of hydrogen-bond acceptors (Lipinski definition) is 6. The van der Waals surface area contributed by atoms with Gasteiger partial charge in [-0.15, -0.1) is 6.42 Å². The Kier molecular flexibility index (Phi) is 4.42. The number of rotatable bonds is 4. The highest BCUT2D eigenvalue weighted by molar-refractivity contribution is 7.99. The largest absolute Gasteiger partial charge is 0.338 e. The van der Waals surface area contributed by atoms with E-state index in [4.69, 9.17) is 10.9 Å². The van der Waals surface area contributed by atoms with Crippen LogP contribution in [0.5, 0.6) is 0 Å². The SMILES string of the molecule is C#CCNCc1nc(C2CSCCN2C)no1. The molecule has 1 N–H and O–H groups in total. The lowest BCUT2D eigenvalue weighted by Crippen LogP contribution is -2.33. The Hall–Kier alpha value is -1.03. The molecule has 92 valence electrons. The van der Waals surface area contributed by atoms with Gasteiger partial charge in [0.15, 0.2) is 5.82 Å². The maximum absolute atomic E-state index is 5.18. The van der Waals surface area contributed by atoms with Crippen molar-refractivity contribution in [2.45, 2.75) is 12.6 Å². The summed E-state index contributed by atoms with van der Waals surface area (Å²) in [4.78, 5) is 6.66. The third-order valence-corrected chi connectivity index (χ3v) is 3.70. The molecule has 1 saturated heterocycles. The molecule has 0 spiro atoms. The summed E-state index contributed by atoms with van der Waals surface area (Å²) in [5, 5.41) is 7.06. The van der Waals surface area contributed by atoms with E-state index in [1.165, 1.54) is 5.75 Å². The van der Waals surface area contributed by atoms with Crippen LogP contribution in [-0.2, 0) is 6.54 Å². The van der Waals surface area contributed by atoms with Gasteiger partial charge in [0, 0.05) is 18.1 Å². The molecule has 0 aliphatic carbocycles. The van der Waals surface area contributed by atoms with E-state index in [9.17, 15) is 0 Å². The standard InChI is InChI=1S/C11H16N4OS/c1-3-4-12-7-10-13-11(14-16-10)9-8-17-6-5-15(9)2/h1,9,12H,4-8H2,2H3. The Balaban J connectivity index is 1.95. The zero-order valence-corrected chi connectivity index (χ0v) is 10.7. The Bertz CT molecular complexity index is 400. The van der Waals surface area contributed by atoms with Crippen molar-refractivity contribution in [1.29, 1.82) is 0 Å². The summed E-state index contributed by atoms with van der Waals surface area (Å²) in [5.41, 5.74) is 0. The molecule has 0 saturated carbocycles. The molecule has 1 aliphatic heterocycles. The molecule has 17 heavy (non-hydrogen) atoms. The lowest BCUT2D eigenvalue weighted by molar-refractivity contribution is 0.256. The minimum absolute atomic E-state index is 0.263. The summed E-state index contributed by atoms with van der Waals surface area (Å²) >= 11 is 1.93. The predicted molar refractivity (Wildman–Crippen MR) is 67.5 cm³/mol. The quantitative estimate of drug-likeness (QED) is 0.622. The van der Waals surface area contributed by atoms with Gasteiger partial charge in [0.2, 0.25) is 5.89 Å². The molecule has 6 heteroatoms. The molecule has 2 rings (SSSR count). The molecule has 1 aromatic rings. The Morgan fingerprint density at radius 2 is 2.59 bits per heavy atom.